The number of carbonyl (C=O) groups excluding carboxylic acids is 1. The summed E-state index contributed by atoms with van der Waals surface area (Å²) in [4.78, 5) is 15.4. The van der Waals surface area contributed by atoms with E-state index >= 15 is 0 Å². The fraction of sp³-hybridized carbons (Fsp3) is 0.471. The first kappa shape index (κ1) is 14.4. The number of carbonyl (C=O) groups is 1. The van der Waals surface area contributed by atoms with Gasteiger partial charge in [0.15, 0.2) is 0 Å². The average Bonchev–Trinajstić information content (AvgIpc) is 3.04. The highest BCUT2D eigenvalue weighted by Gasteiger charge is 2.35. The Morgan fingerprint density at radius 2 is 2.05 bits per heavy atom. The Bertz CT molecular complexity index is 684. The number of rotatable bonds is 1. The number of nitrogens with zero attached hydrogens (tertiary/aromatic N) is 1. The second-order valence-electron chi connectivity index (χ2n) is 6.94. The van der Waals surface area contributed by atoms with E-state index in [1.54, 1.807) is 0 Å². The molecule has 0 saturated carbocycles. The number of hydrogen-bond donors (Lipinski definition) is 1. The molecule has 1 unspecified atom stereocenters. The van der Waals surface area contributed by atoms with Crippen LogP contribution in [0.25, 0.3) is 10.1 Å². The number of likely N-dealkylation sites (tertiary alicyclic amines) is 1. The van der Waals surface area contributed by atoms with Crippen molar-refractivity contribution in [2.45, 2.75) is 27.2 Å². The fourth-order valence-electron chi connectivity index (χ4n) is 3.02. The Morgan fingerprint density at radius 1 is 1.33 bits per heavy atom. The molecule has 1 aromatic heterocycles. The van der Waals surface area contributed by atoms with Crippen molar-refractivity contribution >= 4 is 33.0 Å². The van der Waals surface area contributed by atoms with Gasteiger partial charge in [0.05, 0.1) is 5.69 Å². The first-order chi connectivity index (χ1) is 9.88. The number of thiophene rings is 1. The van der Waals surface area contributed by atoms with Crippen LogP contribution in [0.5, 0.6) is 0 Å². The lowest BCUT2D eigenvalue weighted by atomic mass is 9.80. The molecular weight excluding hydrogens is 280 g/mol. The summed E-state index contributed by atoms with van der Waals surface area (Å²) < 4.78 is 1.09. The van der Waals surface area contributed by atoms with Crippen LogP contribution in [-0.4, -0.2) is 23.9 Å². The van der Waals surface area contributed by atoms with Crippen LogP contribution in [0, 0.1) is 11.3 Å². The molecule has 1 atom stereocenters. The summed E-state index contributed by atoms with van der Waals surface area (Å²) in [6, 6.07) is 7.96. The molecule has 0 radical (unpaired) electrons. The molecule has 0 bridgehead atoms. The highest BCUT2D eigenvalue weighted by molar-refractivity contribution is 7.21. The Balaban J connectivity index is 1.87. The molecule has 2 aromatic rings. The molecule has 0 spiro atoms. The lowest BCUT2D eigenvalue weighted by Crippen LogP contribution is -2.31. The van der Waals surface area contributed by atoms with Crippen molar-refractivity contribution in [3.63, 3.8) is 0 Å². The number of nitrogen functional groups attached to an aromatic ring is 1. The van der Waals surface area contributed by atoms with Crippen LogP contribution in [0.2, 0.25) is 0 Å². The van der Waals surface area contributed by atoms with Gasteiger partial charge in [-0.1, -0.05) is 39.0 Å². The molecule has 4 heteroatoms. The van der Waals surface area contributed by atoms with E-state index in [1.165, 1.54) is 11.3 Å². The molecule has 1 aliphatic rings. The molecule has 21 heavy (non-hydrogen) atoms. The molecule has 1 fully saturated rings. The molecule has 2 N–H and O–H groups in total. The Morgan fingerprint density at radius 3 is 2.67 bits per heavy atom. The van der Waals surface area contributed by atoms with Gasteiger partial charge in [0.2, 0.25) is 0 Å². The van der Waals surface area contributed by atoms with Gasteiger partial charge in [-0.25, -0.2) is 0 Å². The van der Waals surface area contributed by atoms with Gasteiger partial charge in [-0.2, -0.15) is 0 Å². The van der Waals surface area contributed by atoms with Crippen molar-refractivity contribution in [2.24, 2.45) is 11.3 Å². The van der Waals surface area contributed by atoms with Gasteiger partial charge in [0.1, 0.15) is 4.88 Å². The van der Waals surface area contributed by atoms with Gasteiger partial charge < -0.3 is 10.6 Å². The number of hydrogen-bond acceptors (Lipinski definition) is 3. The molecule has 1 aromatic carbocycles. The predicted octanol–water partition coefficient (Wildman–Crippen LogP) is 3.99. The second kappa shape index (κ2) is 5.02. The van der Waals surface area contributed by atoms with Crippen LogP contribution in [-0.2, 0) is 0 Å². The minimum absolute atomic E-state index is 0.0976. The quantitative estimate of drug-likeness (QED) is 0.865. The average molecular weight is 302 g/mol. The molecular formula is C17H22N2OS. The predicted molar refractivity (Wildman–Crippen MR) is 89.7 cm³/mol. The topological polar surface area (TPSA) is 46.3 Å². The molecule has 1 aliphatic heterocycles. The highest BCUT2D eigenvalue weighted by atomic mass is 32.1. The van der Waals surface area contributed by atoms with Crippen molar-refractivity contribution in [1.29, 1.82) is 0 Å². The van der Waals surface area contributed by atoms with Gasteiger partial charge in [0.25, 0.3) is 5.91 Å². The van der Waals surface area contributed by atoms with Crippen molar-refractivity contribution in [3.8, 4) is 0 Å². The van der Waals surface area contributed by atoms with E-state index in [-0.39, 0.29) is 11.3 Å². The molecule has 3 rings (SSSR count). The summed E-state index contributed by atoms with van der Waals surface area (Å²) in [5.74, 6) is 0.664. The summed E-state index contributed by atoms with van der Waals surface area (Å²) in [7, 11) is 0. The van der Waals surface area contributed by atoms with E-state index in [2.05, 4.69) is 20.8 Å². The molecule has 3 nitrogen and oxygen atoms in total. The van der Waals surface area contributed by atoms with Crippen LogP contribution in [0.3, 0.4) is 0 Å². The van der Waals surface area contributed by atoms with E-state index in [1.807, 2.05) is 29.2 Å². The Hall–Kier alpha value is -1.55. The van der Waals surface area contributed by atoms with E-state index in [4.69, 9.17) is 5.73 Å². The second-order valence-corrected chi connectivity index (χ2v) is 8.00. The molecule has 0 aliphatic carbocycles. The lowest BCUT2D eigenvalue weighted by Gasteiger charge is -2.26. The van der Waals surface area contributed by atoms with E-state index < -0.39 is 0 Å². The van der Waals surface area contributed by atoms with E-state index in [0.717, 1.165) is 29.6 Å². The normalized spacial score (nSPS) is 19.4. The third-order valence-corrected chi connectivity index (χ3v) is 5.70. The van der Waals surface area contributed by atoms with Crippen LogP contribution in [0.1, 0.15) is 36.9 Å². The maximum absolute atomic E-state index is 12.8. The highest BCUT2D eigenvalue weighted by Crippen LogP contribution is 2.37. The van der Waals surface area contributed by atoms with Crippen LogP contribution >= 0.6 is 11.3 Å². The van der Waals surface area contributed by atoms with E-state index in [9.17, 15) is 4.79 Å². The molecule has 1 amide bonds. The summed E-state index contributed by atoms with van der Waals surface area (Å²) in [5.41, 5.74) is 7.08. The largest absolute Gasteiger partial charge is 0.397 e. The smallest absolute Gasteiger partial charge is 0.266 e. The molecule has 112 valence electrons. The Kier molecular flexibility index (Phi) is 3.44. The van der Waals surface area contributed by atoms with Crippen molar-refractivity contribution in [2.75, 3.05) is 18.8 Å². The summed E-state index contributed by atoms with van der Waals surface area (Å²) >= 11 is 1.51. The maximum atomic E-state index is 12.8. The number of amides is 1. The van der Waals surface area contributed by atoms with Crippen LogP contribution in [0.4, 0.5) is 5.69 Å². The molecule has 1 saturated heterocycles. The van der Waals surface area contributed by atoms with Crippen molar-refractivity contribution < 1.29 is 4.79 Å². The van der Waals surface area contributed by atoms with Gasteiger partial charge in [-0.15, -0.1) is 11.3 Å². The third kappa shape index (κ3) is 2.53. The van der Waals surface area contributed by atoms with Gasteiger partial charge in [0, 0.05) is 23.2 Å². The van der Waals surface area contributed by atoms with Crippen molar-refractivity contribution in [3.05, 3.63) is 29.1 Å². The monoisotopic (exact) mass is 302 g/mol. The first-order valence-electron chi connectivity index (χ1n) is 7.44. The lowest BCUT2D eigenvalue weighted by molar-refractivity contribution is 0.0782. The molecule has 2 heterocycles. The summed E-state index contributed by atoms with van der Waals surface area (Å²) in [5, 5.41) is 0.998. The SMILES string of the molecule is CC(C)(C)C1CCN(C(=O)c2sc3ccccc3c2N)C1. The zero-order valence-corrected chi connectivity index (χ0v) is 13.7. The van der Waals surface area contributed by atoms with Gasteiger partial charge >= 0.3 is 0 Å². The Labute approximate surface area is 129 Å². The number of fused-ring (bicyclic) bond motifs is 1. The van der Waals surface area contributed by atoms with Gasteiger partial charge in [-0.3, -0.25) is 4.79 Å². The zero-order chi connectivity index (χ0) is 15.2. The van der Waals surface area contributed by atoms with Crippen molar-refractivity contribution in [1.82, 2.24) is 4.90 Å². The number of nitrogens with two attached hydrogens (primary N) is 1. The van der Waals surface area contributed by atoms with Gasteiger partial charge in [-0.05, 0) is 23.8 Å². The maximum Gasteiger partial charge on any atom is 0.266 e. The third-order valence-electron chi connectivity index (χ3n) is 4.53. The standard InChI is InChI=1S/C17H22N2OS/c1-17(2,3)11-8-9-19(10-11)16(20)15-14(18)12-6-4-5-7-13(12)21-15/h4-7,11H,8-10,18H2,1-3H3. The first-order valence-corrected chi connectivity index (χ1v) is 8.26. The summed E-state index contributed by atoms with van der Waals surface area (Å²) in [6.45, 7) is 8.43. The zero-order valence-electron chi connectivity index (χ0n) is 12.8. The van der Waals surface area contributed by atoms with Crippen LogP contribution < -0.4 is 5.73 Å². The number of anilines is 1. The van der Waals surface area contributed by atoms with Crippen LogP contribution in [0.15, 0.2) is 24.3 Å². The fourth-order valence-corrected chi connectivity index (χ4v) is 4.11. The minimum atomic E-state index is 0.0976. The summed E-state index contributed by atoms with van der Waals surface area (Å²) in [6.07, 6.45) is 1.08. The number of benzene rings is 1. The van der Waals surface area contributed by atoms with E-state index in [0.29, 0.717) is 16.5 Å². The minimum Gasteiger partial charge on any atom is -0.397 e.